The van der Waals surface area contributed by atoms with Crippen molar-refractivity contribution in [1.82, 2.24) is 5.32 Å². The Morgan fingerprint density at radius 2 is 1.68 bits per heavy atom. The highest BCUT2D eigenvalue weighted by molar-refractivity contribution is 5.83. The number of anilines is 2. The van der Waals surface area contributed by atoms with E-state index in [0.717, 1.165) is 24.3 Å². The second-order valence-corrected chi connectivity index (χ2v) is 6.62. The fraction of sp³-hybridized carbons (Fsp3) is 0.381. The van der Waals surface area contributed by atoms with Gasteiger partial charge in [-0.2, -0.15) is 0 Å². The largest absolute Gasteiger partial charge is 0.374 e. The van der Waals surface area contributed by atoms with E-state index in [-0.39, 0.29) is 18.5 Å². The number of carbonyl (C=O) groups is 1. The predicted molar refractivity (Wildman–Crippen MR) is 104 cm³/mol. The van der Waals surface area contributed by atoms with Gasteiger partial charge in [0.25, 0.3) is 0 Å². The molecule has 0 bridgehead atoms. The van der Waals surface area contributed by atoms with Crippen LogP contribution in [0.2, 0.25) is 0 Å². The summed E-state index contributed by atoms with van der Waals surface area (Å²) < 4.78 is 0. The maximum absolute atomic E-state index is 12.3. The van der Waals surface area contributed by atoms with Gasteiger partial charge in [-0.15, -0.1) is 0 Å². The minimum Gasteiger partial charge on any atom is -0.374 e. The van der Waals surface area contributed by atoms with Crippen LogP contribution in [0.5, 0.6) is 0 Å². The minimum absolute atomic E-state index is 0.00444. The number of para-hydroxylation sites is 2. The molecule has 1 aliphatic rings. The molecule has 2 aromatic rings. The van der Waals surface area contributed by atoms with Gasteiger partial charge < -0.3 is 15.5 Å². The molecule has 1 atom stereocenters. The molecule has 0 spiro atoms. The Morgan fingerprint density at radius 1 is 1.00 bits per heavy atom. The van der Waals surface area contributed by atoms with Crippen LogP contribution in [0, 0.1) is 0 Å². The third-order valence-electron chi connectivity index (χ3n) is 4.72. The van der Waals surface area contributed by atoms with Gasteiger partial charge in [0.15, 0.2) is 0 Å². The SMILES string of the molecule is C[C@@H](NC(=O)CNc1ccccc1N1CCCCC1)c1ccccc1. The van der Waals surface area contributed by atoms with Crippen LogP contribution in [-0.2, 0) is 4.79 Å². The van der Waals surface area contributed by atoms with E-state index >= 15 is 0 Å². The summed E-state index contributed by atoms with van der Waals surface area (Å²) in [4.78, 5) is 14.7. The topological polar surface area (TPSA) is 44.4 Å². The first-order valence-corrected chi connectivity index (χ1v) is 9.16. The molecule has 0 aliphatic carbocycles. The molecule has 0 aromatic heterocycles. The fourth-order valence-corrected chi connectivity index (χ4v) is 3.33. The number of amides is 1. The van der Waals surface area contributed by atoms with E-state index in [1.54, 1.807) is 0 Å². The maximum atomic E-state index is 12.3. The van der Waals surface area contributed by atoms with Crippen LogP contribution in [0.4, 0.5) is 11.4 Å². The van der Waals surface area contributed by atoms with Gasteiger partial charge in [-0.1, -0.05) is 42.5 Å². The summed E-state index contributed by atoms with van der Waals surface area (Å²) in [5, 5.41) is 6.36. The molecule has 1 amide bonds. The quantitative estimate of drug-likeness (QED) is 0.838. The zero-order valence-corrected chi connectivity index (χ0v) is 14.9. The van der Waals surface area contributed by atoms with Crippen LogP contribution in [-0.4, -0.2) is 25.5 Å². The lowest BCUT2D eigenvalue weighted by Gasteiger charge is -2.30. The van der Waals surface area contributed by atoms with Crippen LogP contribution in [0.25, 0.3) is 0 Å². The Balaban J connectivity index is 1.57. The van der Waals surface area contributed by atoms with Crippen LogP contribution >= 0.6 is 0 Å². The lowest BCUT2D eigenvalue weighted by Crippen LogP contribution is -2.33. The first-order valence-electron chi connectivity index (χ1n) is 9.16. The number of nitrogens with zero attached hydrogens (tertiary/aromatic N) is 1. The van der Waals surface area contributed by atoms with Gasteiger partial charge in [-0.3, -0.25) is 4.79 Å². The average Bonchev–Trinajstić information content (AvgIpc) is 2.68. The monoisotopic (exact) mass is 337 g/mol. The first-order chi connectivity index (χ1) is 12.2. The molecular formula is C21H27N3O. The third kappa shape index (κ3) is 4.75. The lowest BCUT2D eigenvalue weighted by atomic mass is 10.1. The smallest absolute Gasteiger partial charge is 0.239 e. The number of benzene rings is 2. The number of carbonyl (C=O) groups excluding carboxylic acids is 1. The van der Waals surface area contributed by atoms with Crippen molar-refractivity contribution in [3.8, 4) is 0 Å². The number of hydrogen-bond donors (Lipinski definition) is 2. The van der Waals surface area contributed by atoms with Crippen molar-refractivity contribution in [2.45, 2.75) is 32.2 Å². The van der Waals surface area contributed by atoms with Gasteiger partial charge in [0.05, 0.1) is 24.0 Å². The fourth-order valence-electron chi connectivity index (χ4n) is 3.33. The second kappa shape index (κ2) is 8.56. The minimum atomic E-state index is 0.00444. The van der Waals surface area contributed by atoms with Gasteiger partial charge in [-0.05, 0) is 43.9 Å². The van der Waals surface area contributed by atoms with Gasteiger partial charge in [0.1, 0.15) is 0 Å². The summed E-state index contributed by atoms with van der Waals surface area (Å²) in [6, 6.07) is 18.3. The Morgan fingerprint density at radius 3 is 2.44 bits per heavy atom. The molecule has 4 nitrogen and oxygen atoms in total. The van der Waals surface area contributed by atoms with Crippen LogP contribution < -0.4 is 15.5 Å². The number of rotatable bonds is 6. The Kier molecular flexibility index (Phi) is 5.94. The lowest BCUT2D eigenvalue weighted by molar-refractivity contribution is -0.120. The number of piperidine rings is 1. The van der Waals surface area contributed by atoms with Crippen molar-refractivity contribution < 1.29 is 4.79 Å². The van der Waals surface area contributed by atoms with Crippen molar-refractivity contribution in [3.05, 3.63) is 60.2 Å². The van der Waals surface area contributed by atoms with E-state index in [1.807, 2.05) is 43.3 Å². The molecule has 0 saturated carbocycles. The summed E-state index contributed by atoms with van der Waals surface area (Å²) in [5.41, 5.74) is 3.35. The standard InChI is InChI=1S/C21H27N3O/c1-17(18-10-4-2-5-11-18)23-21(25)16-22-19-12-6-7-13-20(19)24-14-8-3-9-15-24/h2,4-7,10-13,17,22H,3,8-9,14-16H2,1H3,(H,23,25)/t17-/m1/s1. The summed E-state index contributed by atoms with van der Waals surface area (Å²) in [6.45, 7) is 4.47. The van der Waals surface area contributed by atoms with E-state index < -0.39 is 0 Å². The van der Waals surface area contributed by atoms with E-state index in [2.05, 4.69) is 33.7 Å². The van der Waals surface area contributed by atoms with Gasteiger partial charge in [-0.25, -0.2) is 0 Å². The molecule has 2 aromatic carbocycles. The summed E-state index contributed by atoms with van der Waals surface area (Å²) in [7, 11) is 0. The maximum Gasteiger partial charge on any atom is 0.239 e. The highest BCUT2D eigenvalue weighted by atomic mass is 16.1. The first kappa shape index (κ1) is 17.3. The number of nitrogens with one attached hydrogen (secondary N) is 2. The predicted octanol–water partition coefficient (Wildman–Crippen LogP) is 3.97. The molecule has 3 rings (SSSR count). The van der Waals surface area contributed by atoms with Crippen molar-refractivity contribution in [1.29, 1.82) is 0 Å². The number of hydrogen-bond acceptors (Lipinski definition) is 3. The molecule has 1 saturated heterocycles. The molecule has 25 heavy (non-hydrogen) atoms. The van der Waals surface area contributed by atoms with Crippen molar-refractivity contribution in [2.75, 3.05) is 29.9 Å². The highest BCUT2D eigenvalue weighted by Gasteiger charge is 2.15. The van der Waals surface area contributed by atoms with Crippen molar-refractivity contribution in [3.63, 3.8) is 0 Å². The average molecular weight is 337 g/mol. The summed E-state index contributed by atoms with van der Waals surface area (Å²) in [5.74, 6) is 0.00444. The van der Waals surface area contributed by atoms with Crippen LogP contribution in [0.3, 0.4) is 0 Å². The Bertz CT molecular complexity index is 681. The van der Waals surface area contributed by atoms with Gasteiger partial charge in [0.2, 0.25) is 5.91 Å². The molecule has 1 fully saturated rings. The highest BCUT2D eigenvalue weighted by Crippen LogP contribution is 2.28. The molecule has 4 heteroatoms. The van der Waals surface area contributed by atoms with Gasteiger partial charge >= 0.3 is 0 Å². The van der Waals surface area contributed by atoms with E-state index in [4.69, 9.17) is 0 Å². The molecule has 1 heterocycles. The molecule has 0 radical (unpaired) electrons. The van der Waals surface area contributed by atoms with Gasteiger partial charge in [0, 0.05) is 13.1 Å². The molecule has 2 N–H and O–H groups in total. The third-order valence-corrected chi connectivity index (χ3v) is 4.72. The zero-order chi connectivity index (χ0) is 17.5. The summed E-state index contributed by atoms with van der Waals surface area (Å²) in [6.07, 6.45) is 3.79. The van der Waals surface area contributed by atoms with E-state index in [9.17, 15) is 4.79 Å². The molecular weight excluding hydrogens is 310 g/mol. The van der Waals surface area contributed by atoms with Crippen molar-refractivity contribution in [2.24, 2.45) is 0 Å². The Labute approximate surface area is 150 Å². The Hall–Kier alpha value is -2.49. The van der Waals surface area contributed by atoms with E-state index in [1.165, 1.54) is 24.9 Å². The molecule has 132 valence electrons. The van der Waals surface area contributed by atoms with Crippen molar-refractivity contribution >= 4 is 17.3 Å². The normalized spacial score (nSPS) is 15.5. The second-order valence-electron chi connectivity index (χ2n) is 6.62. The summed E-state index contributed by atoms with van der Waals surface area (Å²) >= 11 is 0. The van der Waals surface area contributed by atoms with Crippen LogP contribution in [0.15, 0.2) is 54.6 Å². The van der Waals surface area contributed by atoms with E-state index in [0.29, 0.717) is 0 Å². The molecule has 0 unspecified atom stereocenters. The zero-order valence-electron chi connectivity index (χ0n) is 14.9. The molecule has 1 aliphatic heterocycles. The van der Waals surface area contributed by atoms with Crippen LogP contribution in [0.1, 0.15) is 37.8 Å².